The Morgan fingerprint density at radius 3 is 2.77 bits per heavy atom. The highest BCUT2D eigenvalue weighted by atomic mass is 16.6. The molecule has 0 saturated carbocycles. The molecule has 0 aromatic heterocycles. The molecule has 3 rings (SSSR count). The molecule has 1 aliphatic carbocycles. The van der Waals surface area contributed by atoms with E-state index in [4.69, 9.17) is 4.74 Å². The number of esters is 1. The number of hydrogen-bond donors (Lipinski definition) is 0. The van der Waals surface area contributed by atoms with Crippen molar-refractivity contribution >= 4 is 23.2 Å². The monoisotopic (exact) mass is 356 g/mol. The van der Waals surface area contributed by atoms with Gasteiger partial charge in [-0.15, -0.1) is 0 Å². The van der Waals surface area contributed by atoms with E-state index >= 15 is 0 Å². The number of nitro benzene ring substituents is 1. The van der Waals surface area contributed by atoms with Crippen LogP contribution in [0.3, 0.4) is 0 Å². The van der Waals surface area contributed by atoms with E-state index in [1.54, 1.807) is 32.0 Å². The SMILES string of the molecule is CCOC(=O)C1C(C)=NC2=C(C(=O)CCC2)[C@@H]1c1ccccc1[N+](=O)[O-]. The molecule has 0 saturated heterocycles. The van der Waals surface area contributed by atoms with E-state index in [1.165, 1.54) is 6.07 Å². The normalized spacial score (nSPS) is 22.5. The molecule has 26 heavy (non-hydrogen) atoms. The minimum Gasteiger partial charge on any atom is -0.465 e. The first-order valence-corrected chi connectivity index (χ1v) is 8.67. The number of benzene rings is 1. The predicted molar refractivity (Wildman–Crippen MR) is 95.0 cm³/mol. The van der Waals surface area contributed by atoms with Crippen LogP contribution in [0.1, 0.15) is 44.6 Å². The third-order valence-corrected chi connectivity index (χ3v) is 4.84. The van der Waals surface area contributed by atoms with Gasteiger partial charge in [0.05, 0.1) is 11.5 Å². The highest BCUT2D eigenvalue weighted by molar-refractivity contribution is 6.09. The molecule has 0 radical (unpaired) electrons. The highest BCUT2D eigenvalue weighted by Crippen LogP contribution is 2.45. The molecule has 0 bridgehead atoms. The van der Waals surface area contributed by atoms with E-state index in [9.17, 15) is 19.7 Å². The van der Waals surface area contributed by atoms with Crippen LogP contribution in [0.5, 0.6) is 0 Å². The first-order valence-electron chi connectivity index (χ1n) is 8.67. The molecule has 7 nitrogen and oxygen atoms in total. The first-order chi connectivity index (χ1) is 12.5. The molecule has 136 valence electrons. The largest absolute Gasteiger partial charge is 0.465 e. The average Bonchev–Trinajstić information content (AvgIpc) is 2.60. The third kappa shape index (κ3) is 3.05. The lowest BCUT2D eigenvalue weighted by Crippen LogP contribution is -2.37. The van der Waals surface area contributed by atoms with Gasteiger partial charge in [0, 0.05) is 41.0 Å². The van der Waals surface area contributed by atoms with Crippen LogP contribution < -0.4 is 0 Å². The molecule has 7 heteroatoms. The summed E-state index contributed by atoms with van der Waals surface area (Å²) in [6, 6.07) is 6.26. The van der Waals surface area contributed by atoms with Gasteiger partial charge in [0.1, 0.15) is 5.92 Å². The smallest absolute Gasteiger partial charge is 0.315 e. The highest BCUT2D eigenvalue weighted by Gasteiger charge is 2.45. The Kier molecular flexibility index (Phi) is 4.97. The number of ether oxygens (including phenoxy) is 1. The molecule has 1 aliphatic heterocycles. The van der Waals surface area contributed by atoms with E-state index in [2.05, 4.69) is 4.99 Å². The summed E-state index contributed by atoms with van der Waals surface area (Å²) in [5.74, 6) is -2.19. The summed E-state index contributed by atoms with van der Waals surface area (Å²) in [5.41, 5.74) is 1.84. The van der Waals surface area contributed by atoms with E-state index in [0.717, 1.165) is 0 Å². The number of carbonyl (C=O) groups excluding carboxylic acids is 2. The molecular formula is C19H20N2O5. The first kappa shape index (κ1) is 18.0. The topological polar surface area (TPSA) is 98.9 Å². The Labute approximate surface area is 150 Å². The number of carbonyl (C=O) groups is 2. The summed E-state index contributed by atoms with van der Waals surface area (Å²) in [7, 11) is 0. The van der Waals surface area contributed by atoms with Crippen LogP contribution in [0, 0.1) is 16.0 Å². The summed E-state index contributed by atoms with van der Waals surface area (Å²) < 4.78 is 5.20. The van der Waals surface area contributed by atoms with Crippen molar-refractivity contribution in [2.75, 3.05) is 6.61 Å². The lowest BCUT2D eigenvalue weighted by Gasteiger charge is -2.34. The summed E-state index contributed by atoms with van der Waals surface area (Å²) in [4.78, 5) is 40.9. The van der Waals surface area contributed by atoms with Gasteiger partial charge < -0.3 is 4.74 Å². The number of ketones is 1. The number of allylic oxidation sites excluding steroid dienone is 2. The predicted octanol–water partition coefficient (Wildman–Crippen LogP) is 3.34. The Morgan fingerprint density at radius 1 is 1.35 bits per heavy atom. The number of para-hydroxylation sites is 1. The zero-order chi connectivity index (χ0) is 18.8. The van der Waals surface area contributed by atoms with Crippen LogP contribution in [0.15, 0.2) is 40.5 Å². The van der Waals surface area contributed by atoms with Crippen LogP contribution in [0.2, 0.25) is 0 Å². The van der Waals surface area contributed by atoms with E-state index in [0.29, 0.717) is 41.8 Å². The molecule has 1 heterocycles. The molecule has 2 aliphatic rings. The molecule has 0 spiro atoms. The van der Waals surface area contributed by atoms with E-state index in [-0.39, 0.29) is 18.1 Å². The maximum absolute atomic E-state index is 12.7. The lowest BCUT2D eigenvalue weighted by atomic mass is 9.71. The van der Waals surface area contributed by atoms with Crippen molar-refractivity contribution < 1.29 is 19.2 Å². The van der Waals surface area contributed by atoms with Crippen LogP contribution in [0.4, 0.5) is 5.69 Å². The summed E-state index contributed by atoms with van der Waals surface area (Å²) in [5, 5.41) is 11.5. The molecule has 2 atom stereocenters. The van der Waals surface area contributed by atoms with Crippen LogP contribution in [-0.2, 0) is 14.3 Å². The summed E-state index contributed by atoms with van der Waals surface area (Å²) >= 11 is 0. The molecule has 1 aromatic carbocycles. The van der Waals surface area contributed by atoms with Gasteiger partial charge in [0.15, 0.2) is 5.78 Å². The Balaban J connectivity index is 2.23. The summed E-state index contributed by atoms with van der Waals surface area (Å²) in [6.07, 6.45) is 1.69. The van der Waals surface area contributed by atoms with Crippen molar-refractivity contribution in [2.45, 2.75) is 39.0 Å². The fourth-order valence-electron chi connectivity index (χ4n) is 3.80. The Morgan fingerprint density at radius 2 is 2.08 bits per heavy atom. The van der Waals surface area contributed by atoms with Crippen molar-refractivity contribution in [1.29, 1.82) is 0 Å². The van der Waals surface area contributed by atoms with Crippen molar-refractivity contribution in [3.8, 4) is 0 Å². The quantitative estimate of drug-likeness (QED) is 0.468. The van der Waals surface area contributed by atoms with Crippen molar-refractivity contribution in [3.63, 3.8) is 0 Å². The molecule has 0 fully saturated rings. The van der Waals surface area contributed by atoms with Crippen LogP contribution >= 0.6 is 0 Å². The minimum absolute atomic E-state index is 0.0973. The lowest BCUT2D eigenvalue weighted by molar-refractivity contribution is -0.385. The van der Waals surface area contributed by atoms with Gasteiger partial charge in [-0.3, -0.25) is 24.7 Å². The zero-order valence-corrected chi connectivity index (χ0v) is 14.7. The molecule has 0 amide bonds. The second-order valence-corrected chi connectivity index (χ2v) is 6.41. The fourth-order valence-corrected chi connectivity index (χ4v) is 3.80. The number of nitrogens with zero attached hydrogens (tertiary/aromatic N) is 2. The Bertz CT molecular complexity index is 840. The standard InChI is InChI=1S/C19H20N2O5/c1-3-26-19(23)16-11(2)20-13-8-6-10-15(22)18(13)17(16)12-7-4-5-9-14(12)21(24)25/h4-5,7,9,16-17H,3,6,8,10H2,1-2H3/t16?,17-/m1/s1. The summed E-state index contributed by atoms with van der Waals surface area (Å²) in [6.45, 7) is 3.60. The third-order valence-electron chi connectivity index (χ3n) is 4.84. The second kappa shape index (κ2) is 7.19. The van der Waals surface area contributed by atoms with Gasteiger partial charge in [-0.2, -0.15) is 0 Å². The maximum Gasteiger partial charge on any atom is 0.315 e. The van der Waals surface area contributed by atoms with Gasteiger partial charge in [-0.05, 0) is 26.7 Å². The molecule has 1 unspecified atom stereocenters. The van der Waals surface area contributed by atoms with E-state index < -0.39 is 22.7 Å². The van der Waals surface area contributed by atoms with Gasteiger partial charge >= 0.3 is 5.97 Å². The number of hydrogen-bond acceptors (Lipinski definition) is 6. The van der Waals surface area contributed by atoms with Crippen LogP contribution in [0.25, 0.3) is 0 Å². The van der Waals surface area contributed by atoms with Crippen molar-refractivity contribution in [3.05, 3.63) is 51.2 Å². The number of Topliss-reactive ketones (excluding diaryl/α,β-unsaturated/α-hetero) is 1. The maximum atomic E-state index is 12.7. The second-order valence-electron chi connectivity index (χ2n) is 6.41. The van der Waals surface area contributed by atoms with E-state index in [1.807, 2.05) is 0 Å². The molecular weight excluding hydrogens is 336 g/mol. The average molecular weight is 356 g/mol. The van der Waals surface area contributed by atoms with Gasteiger partial charge in [-0.1, -0.05) is 18.2 Å². The zero-order valence-electron chi connectivity index (χ0n) is 14.7. The number of rotatable bonds is 4. The number of aliphatic imine (C=N–C) groups is 1. The van der Waals surface area contributed by atoms with Gasteiger partial charge in [0.2, 0.25) is 0 Å². The fraction of sp³-hybridized carbons (Fsp3) is 0.421. The van der Waals surface area contributed by atoms with Crippen molar-refractivity contribution in [2.24, 2.45) is 10.9 Å². The van der Waals surface area contributed by atoms with Gasteiger partial charge in [0.25, 0.3) is 5.69 Å². The Hall–Kier alpha value is -2.83. The minimum atomic E-state index is -0.836. The van der Waals surface area contributed by atoms with Gasteiger partial charge in [-0.25, -0.2) is 0 Å². The van der Waals surface area contributed by atoms with Crippen LogP contribution in [-0.4, -0.2) is 29.0 Å². The molecule has 0 N–H and O–H groups in total. The molecule has 1 aromatic rings. The van der Waals surface area contributed by atoms with Crippen molar-refractivity contribution in [1.82, 2.24) is 0 Å². The number of nitro groups is 1.